The zero-order valence-corrected chi connectivity index (χ0v) is 15.7. The van der Waals surface area contributed by atoms with Crippen molar-refractivity contribution in [2.45, 2.75) is 17.1 Å². The molecule has 1 atom stereocenters. The molecule has 0 radical (unpaired) electrons. The smallest absolute Gasteiger partial charge is 0.308 e. The van der Waals surface area contributed by atoms with Crippen LogP contribution in [0.2, 0.25) is 0 Å². The lowest BCUT2D eigenvalue weighted by molar-refractivity contribution is 0.262. The van der Waals surface area contributed by atoms with E-state index in [1.807, 2.05) is 30.3 Å². The van der Waals surface area contributed by atoms with Crippen LogP contribution in [0.5, 0.6) is 0 Å². The predicted octanol–water partition coefficient (Wildman–Crippen LogP) is 3.41. The van der Waals surface area contributed by atoms with Gasteiger partial charge >= 0.3 is 6.03 Å². The van der Waals surface area contributed by atoms with Crippen LogP contribution in [-0.2, 0) is 9.84 Å². The van der Waals surface area contributed by atoms with Gasteiger partial charge in [-0.25, -0.2) is 13.2 Å². The predicted molar refractivity (Wildman–Crippen MR) is 105 cm³/mol. The van der Waals surface area contributed by atoms with Gasteiger partial charge in [0.15, 0.2) is 9.84 Å². The molecular formula is C19H17N5O3S. The lowest BCUT2D eigenvalue weighted by Gasteiger charge is -2.10. The average molecular weight is 395 g/mol. The van der Waals surface area contributed by atoms with Crippen LogP contribution in [0.4, 0.5) is 16.2 Å². The summed E-state index contributed by atoms with van der Waals surface area (Å²) in [6, 6.07) is 16.3. The van der Waals surface area contributed by atoms with Gasteiger partial charge in [-0.15, -0.1) is 0 Å². The molecular weight excluding hydrogens is 378 g/mol. The van der Waals surface area contributed by atoms with E-state index < -0.39 is 21.1 Å². The molecule has 0 aliphatic heterocycles. The number of anilines is 2. The van der Waals surface area contributed by atoms with E-state index in [2.05, 4.69) is 20.8 Å². The summed E-state index contributed by atoms with van der Waals surface area (Å²) in [6.45, 7) is 1.32. The van der Waals surface area contributed by atoms with E-state index >= 15 is 0 Å². The molecule has 3 aromatic rings. The maximum absolute atomic E-state index is 12.3. The summed E-state index contributed by atoms with van der Waals surface area (Å²) < 4.78 is 24.3. The molecule has 1 heterocycles. The van der Waals surface area contributed by atoms with E-state index in [0.717, 1.165) is 5.56 Å². The Bertz CT molecular complexity index is 1120. The lowest BCUT2D eigenvalue weighted by atomic mass is 10.1. The summed E-state index contributed by atoms with van der Waals surface area (Å²) >= 11 is 0. The highest BCUT2D eigenvalue weighted by atomic mass is 32.2. The maximum Gasteiger partial charge on any atom is 0.323 e. The molecule has 8 nitrogen and oxygen atoms in total. The summed E-state index contributed by atoms with van der Waals surface area (Å²) in [6.07, 6.45) is 1.50. The lowest BCUT2D eigenvalue weighted by Crippen LogP contribution is -2.20. The molecule has 3 N–H and O–H groups in total. The molecule has 1 aromatic heterocycles. The second-order valence-corrected chi connectivity index (χ2v) is 8.21. The molecule has 0 fully saturated rings. The molecule has 0 spiro atoms. The normalized spacial score (nSPS) is 12.0. The zero-order chi connectivity index (χ0) is 20.1. The number of rotatable bonds is 5. The van der Waals surface area contributed by atoms with Gasteiger partial charge in [-0.1, -0.05) is 30.3 Å². The topological polar surface area (TPSA) is 128 Å². The molecule has 142 valence electrons. The molecule has 9 heteroatoms. The fourth-order valence-corrected chi connectivity index (χ4v) is 3.55. The van der Waals surface area contributed by atoms with Crippen molar-refractivity contribution in [3.05, 3.63) is 60.8 Å². The SMILES string of the molecule is CC(C#N)S(=O)(=O)c1ccc(NC(=O)Nc2cn[nH]c2-c2ccccc2)cc1. The number of carbonyl (C=O) groups is 1. The van der Waals surface area contributed by atoms with E-state index in [1.165, 1.54) is 37.4 Å². The maximum atomic E-state index is 12.3. The monoisotopic (exact) mass is 395 g/mol. The summed E-state index contributed by atoms with van der Waals surface area (Å²) in [5.74, 6) is 0. The second kappa shape index (κ2) is 7.94. The van der Waals surface area contributed by atoms with Crippen molar-refractivity contribution in [2.24, 2.45) is 0 Å². The average Bonchev–Trinajstić information content (AvgIpc) is 3.16. The van der Waals surface area contributed by atoms with Crippen LogP contribution in [-0.4, -0.2) is 29.9 Å². The van der Waals surface area contributed by atoms with Gasteiger partial charge in [0.1, 0.15) is 5.25 Å². The van der Waals surface area contributed by atoms with Crippen LogP contribution in [0.25, 0.3) is 11.3 Å². The first-order valence-corrected chi connectivity index (χ1v) is 9.87. The Morgan fingerprint density at radius 1 is 1.11 bits per heavy atom. The number of H-pyrrole nitrogens is 1. The Balaban J connectivity index is 1.70. The number of aromatic amines is 1. The van der Waals surface area contributed by atoms with Crippen LogP contribution >= 0.6 is 0 Å². The van der Waals surface area contributed by atoms with Crippen LogP contribution in [0.3, 0.4) is 0 Å². The Morgan fingerprint density at radius 2 is 1.79 bits per heavy atom. The fourth-order valence-electron chi connectivity index (χ4n) is 2.49. The van der Waals surface area contributed by atoms with Crippen LogP contribution in [0, 0.1) is 11.3 Å². The molecule has 3 rings (SSSR count). The molecule has 1 unspecified atom stereocenters. The molecule has 2 amide bonds. The number of aromatic nitrogens is 2. The molecule has 0 aliphatic carbocycles. The third-order valence-electron chi connectivity index (χ3n) is 4.04. The van der Waals surface area contributed by atoms with E-state index in [4.69, 9.17) is 5.26 Å². The second-order valence-electron chi connectivity index (χ2n) is 5.94. The number of hydrogen-bond donors (Lipinski definition) is 3. The first kappa shape index (κ1) is 19.1. The van der Waals surface area contributed by atoms with E-state index in [0.29, 0.717) is 17.1 Å². The summed E-state index contributed by atoms with van der Waals surface area (Å²) in [4.78, 5) is 12.3. The quantitative estimate of drug-likeness (QED) is 0.610. The Kier molecular flexibility index (Phi) is 5.42. The van der Waals surface area contributed by atoms with Gasteiger partial charge in [0, 0.05) is 11.3 Å². The minimum absolute atomic E-state index is 0.0220. The van der Waals surface area contributed by atoms with Crippen LogP contribution < -0.4 is 10.6 Å². The summed E-state index contributed by atoms with van der Waals surface area (Å²) in [7, 11) is -3.71. The van der Waals surface area contributed by atoms with E-state index in [1.54, 1.807) is 6.07 Å². The molecule has 28 heavy (non-hydrogen) atoms. The van der Waals surface area contributed by atoms with Gasteiger partial charge in [0.25, 0.3) is 0 Å². The minimum atomic E-state index is -3.71. The van der Waals surface area contributed by atoms with Crippen molar-refractivity contribution in [2.75, 3.05) is 10.6 Å². The number of amides is 2. The van der Waals surface area contributed by atoms with Gasteiger partial charge in [-0.2, -0.15) is 10.4 Å². The van der Waals surface area contributed by atoms with E-state index in [9.17, 15) is 13.2 Å². The van der Waals surface area contributed by atoms with Crippen molar-refractivity contribution < 1.29 is 13.2 Å². The van der Waals surface area contributed by atoms with Crippen molar-refractivity contribution in [1.29, 1.82) is 5.26 Å². The van der Waals surface area contributed by atoms with Gasteiger partial charge in [-0.05, 0) is 31.2 Å². The van der Waals surface area contributed by atoms with E-state index in [-0.39, 0.29) is 4.90 Å². The van der Waals surface area contributed by atoms with Gasteiger partial charge in [0.05, 0.1) is 28.5 Å². The van der Waals surface area contributed by atoms with Gasteiger partial charge in [-0.3, -0.25) is 5.10 Å². The Labute approximate surface area is 162 Å². The van der Waals surface area contributed by atoms with Crippen molar-refractivity contribution in [3.8, 4) is 17.3 Å². The van der Waals surface area contributed by atoms with Crippen LogP contribution in [0.1, 0.15) is 6.92 Å². The van der Waals surface area contributed by atoms with Crippen molar-refractivity contribution >= 4 is 27.2 Å². The first-order valence-electron chi connectivity index (χ1n) is 8.32. The third-order valence-corrected chi connectivity index (χ3v) is 6.00. The number of hydrogen-bond acceptors (Lipinski definition) is 5. The molecule has 0 bridgehead atoms. The third kappa shape index (κ3) is 4.02. The minimum Gasteiger partial charge on any atom is -0.308 e. The van der Waals surface area contributed by atoms with Crippen molar-refractivity contribution in [3.63, 3.8) is 0 Å². The number of nitriles is 1. The fraction of sp³-hybridized carbons (Fsp3) is 0.105. The summed E-state index contributed by atoms with van der Waals surface area (Å²) in [5.41, 5.74) is 2.45. The highest BCUT2D eigenvalue weighted by Gasteiger charge is 2.22. The van der Waals surface area contributed by atoms with Gasteiger partial charge < -0.3 is 10.6 Å². The van der Waals surface area contributed by atoms with Gasteiger partial charge in [0.2, 0.25) is 0 Å². The number of sulfone groups is 1. The zero-order valence-electron chi connectivity index (χ0n) is 14.9. The highest BCUT2D eigenvalue weighted by Crippen LogP contribution is 2.25. The Morgan fingerprint density at radius 3 is 2.43 bits per heavy atom. The molecule has 0 saturated heterocycles. The molecule has 0 aliphatic rings. The highest BCUT2D eigenvalue weighted by molar-refractivity contribution is 7.92. The van der Waals surface area contributed by atoms with Crippen LogP contribution in [0.15, 0.2) is 65.7 Å². The summed E-state index contributed by atoms with van der Waals surface area (Å²) in [5, 5.41) is 19.8. The first-order chi connectivity index (χ1) is 13.4. The number of urea groups is 1. The number of nitrogens with zero attached hydrogens (tertiary/aromatic N) is 2. The molecule has 2 aromatic carbocycles. The number of nitrogens with one attached hydrogen (secondary N) is 3. The molecule has 0 saturated carbocycles. The number of carbonyl (C=O) groups excluding carboxylic acids is 1. The largest absolute Gasteiger partial charge is 0.323 e. The number of benzene rings is 2. The van der Waals surface area contributed by atoms with Crippen molar-refractivity contribution in [1.82, 2.24) is 10.2 Å². The standard InChI is InChI=1S/C19H17N5O3S/c1-13(11-20)28(26,27)16-9-7-15(8-10-16)22-19(25)23-17-12-21-24-18(17)14-5-3-2-4-6-14/h2-10,12-13H,1H3,(H,21,24)(H2,22,23,25). The Hall–Kier alpha value is -3.64.